The molecule has 1 aromatic carbocycles. The normalized spacial score (nSPS) is 12.6. The van der Waals surface area contributed by atoms with Crippen LogP contribution >= 0.6 is 0 Å². The van der Waals surface area contributed by atoms with E-state index in [1.165, 1.54) is 64.2 Å². The van der Waals surface area contributed by atoms with Crippen molar-refractivity contribution in [2.75, 3.05) is 19.8 Å². The zero-order chi connectivity index (χ0) is 28.6. The maximum absolute atomic E-state index is 12.7. The van der Waals surface area contributed by atoms with Gasteiger partial charge in [0, 0.05) is 6.42 Å². The molecule has 0 aliphatic rings. The van der Waals surface area contributed by atoms with E-state index < -0.39 is 30.0 Å². The average Bonchev–Trinajstić information content (AvgIpc) is 2.91. The number of carbonyl (C=O) groups excluding carboxylic acids is 2. The molecule has 0 heterocycles. The topological polar surface area (TPSA) is 122 Å². The predicted molar refractivity (Wildman–Crippen MR) is 152 cm³/mol. The van der Waals surface area contributed by atoms with Gasteiger partial charge in [-0.25, -0.2) is 9.59 Å². The Hall–Kier alpha value is -2.45. The third kappa shape index (κ3) is 19.3. The number of rotatable bonds is 25. The molecule has 0 spiro atoms. The van der Waals surface area contributed by atoms with Crippen LogP contribution in [0.3, 0.4) is 0 Å². The van der Waals surface area contributed by atoms with Crippen LogP contribution in [0.2, 0.25) is 0 Å². The molecule has 0 fully saturated rings. The number of carboxylic acid groups (broad SMARTS) is 1. The highest BCUT2D eigenvalue weighted by atomic mass is 16.6. The number of aliphatic carboxylic acids is 1. The van der Waals surface area contributed by atoms with Gasteiger partial charge in [-0.3, -0.25) is 4.79 Å². The number of esters is 1. The molecule has 1 unspecified atom stereocenters. The van der Waals surface area contributed by atoms with Gasteiger partial charge >= 0.3 is 11.9 Å². The van der Waals surface area contributed by atoms with Crippen molar-refractivity contribution in [3.8, 4) is 0 Å². The van der Waals surface area contributed by atoms with Crippen LogP contribution in [0.25, 0.3) is 0 Å². The summed E-state index contributed by atoms with van der Waals surface area (Å²) in [6.45, 7) is 1.77. The molecule has 0 aliphatic heterocycles. The van der Waals surface area contributed by atoms with Crippen LogP contribution in [0.15, 0.2) is 30.3 Å². The number of aliphatic hydroxyl groups excluding tert-OH is 1. The number of hydrogen-bond donors (Lipinski definition) is 3. The Morgan fingerprint density at radius 3 is 1.95 bits per heavy atom. The second kappa shape index (κ2) is 23.4. The number of nitrogens with one attached hydrogen (secondary N) is 1. The number of aliphatic hydroxyl groups is 1. The van der Waals surface area contributed by atoms with E-state index in [1.807, 2.05) is 30.3 Å². The summed E-state index contributed by atoms with van der Waals surface area (Å²) < 4.78 is 10.5. The van der Waals surface area contributed by atoms with Crippen molar-refractivity contribution >= 4 is 17.8 Å². The first-order valence-electron chi connectivity index (χ1n) is 14.9. The van der Waals surface area contributed by atoms with Crippen molar-refractivity contribution in [3.05, 3.63) is 35.9 Å². The van der Waals surface area contributed by atoms with Crippen molar-refractivity contribution < 1.29 is 34.1 Å². The number of amides is 1. The van der Waals surface area contributed by atoms with Crippen LogP contribution in [0.1, 0.15) is 109 Å². The minimum absolute atomic E-state index is 0.0267. The summed E-state index contributed by atoms with van der Waals surface area (Å²) in [4.78, 5) is 36.6. The summed E-state index contributed by atoms with van der Waals surface area (Å²) in [7, 11) is 0. The first-order valence-corrected chi connectivity index (χ1v) is 14.9. The molecule has 0 saturated carbocycles. The lowest BCUT2D eigenvalue weighted by Gasteiger charge is -2.20. The van der Waals surface area contributed by atoms with E-state index in [0.29, 0.717) is 6.42 Å². The molecule has 0 bridgehead atoms. The molecule has 3 N–H and O–H groups in total. The molecule has 0 aromatic heterocycles. The molecule has 222 valence electrons. The van der Waals surface area contributed by atoms with E-state index in [0.717, 1.165) is 24.8 Å². The van der Waals surface area contributed by atoms with Crippen LogP contribution in [0.5, 0.6) is 0 Å². The summed E-state index contributed by atoms with van der Waals surface area (Å²) in [6, 6.07) is 8.04. The summed E-state index contributed by atoms with van der Waals surface area (Å²) in [5, 5.41) is 21.0. The number of benzene rings is 1. The highest BCUT2D eigenvalue weighted by molar-refractivity contribution is 5.84. The van der Waals surface area contributed by atoms with Crippen molar-refractivity contribution in [2.45, 2.75) is 122 Å². The lowest BCUT2D eigenvalue weighted by atomic mass is 10.0. The van der Waals surface area contributed by atoms with Gasteiger partial charge in [0.25, 0.3) is 0 Å². The number of carbonyl (C=O) groups is 3. The monoisotopic (exact) mass is 549 g/mol. The van der Waals surface area contributed by atoms with Gasteiger partial charge < -0.3 is 25.0 Å². The fourth-order valence-electron chi connectivity index (χ4n) is 4.54. The van der Waals surface area contributed by atoms with Gasteiger partial charge in [-0.15, -0.1) is 0 Å². The Morgan fingerprint density at radius 2 is 1.41 bits per heavy atom. The third-order valence-electron chi connectivity index (χ3n) is 6.71. The summed E-state index contributed by atoms with van der Waals surface area (Å²) in [5.74, 6) is -2.19. The van der Waals surface area contributed by atoms with Crippen LogP contribution in [-0.2, 0) is 30.3 Å². The number of carboxylic acids is 1. The van der Waals surface area contributed by atoms with Gasteiger partial charge in [-0.05, 0) is 18.4 Å². The minimum Gasteiger partial charge on any atom is -0.480 e. The molecule has 0 aliphatic carbocycles. The van der Waals surface area contributed by atoms with E-state index in [-0.39, 0.29) is 32.7 Å². The Morgan fingerprint density at radius 1 is 0.846 bits per heavy atom. The Labute approximate surface area is 234 Å². The Balaban J connectivity index is 2.41. The SMILES string of the molecule is CCCCCCCCCCCCCCCC(CC(=O)N[C@@H](Cc1ccccc1)C(=O)O)OC(=O)COCCO. The molecular weight excluding hydrogens is 498 g/mol. The largest absolute Gasteiger partial charge is 0.480 e. The van der Waals surface area contributed by atoms with Gasteiger partial charge in [0.2, 0.25) is 5.91 Å². The zero-order valence-electron chi connectivity index (χ0n) is 23.9. The molecule has 0 radical (unpaired) electrons. The first-order chi connectivity index (χ1) is 19.0. The lowest BCUT2D eigenvalue weighted by Crippen LogP contribution is -2.43. The number of hydrogen-bond acceptors (Lipinski definition) is 6. The van der Waals surface area contributed by atoms with Gasteiger partial charge in [0.05, 0.1) is 19.6 Å². The summed E-state index contributed by atoms with van der Waals surface area (Å²) in [5.41, 5.74) is 0.807. The molecule has 8 nitrogen and oxygen atoms in total. The molecule has 1 amide bonds. The summed E-state index contributed by atoms with van der Waals surface area (Å²) >= 11 is 0. The standard InChI is InChI=1S/C31H51NO7/c1-2-3-4-5-6-7-8-9-10-11-12-13-17-20-27(39-30(35)25-38-22-21-33)24-29(34)32-28(31(36)37)23-26-18-15-14-16-19-26/h14-16,18-19,27-28,33H,2-13,17,20-25H2,1H3,(H,32,34)(H,36,37)/t27?,28-/m0/s1. The smallest absolute Gasteiger partial charge is 0.332 e. The van der Waals surface area contributed by atoms with E-state index in [4.69, 9.17) is 14.6 Å². The maximum atomic E-state index is 12.7. The van der Waals surface area contributed by atoms with E-state index >= 15 is 0 Å². The molecule has 0 saturated heterocycles. The van der Waals surface area contributed by atoms with E-state index in [1.54, 1.807) is 0 Å². The molecule has 2 atom stereocenters. The van der Waals surface area contributed by atoms with Crippen molar-refractivity contribution in [1.29, 1.82) is 0 Å². The highest BCUT2D eigenvalue weighted by Crippen LogP contribution is 2.16. The number of unbranched alkanes of at least 4 members (excludes halogenated alkanes) is 12. The fraction of sp³-hybridized carbons (Fsp3) is 0.710. The second-order valence-electron chi connectivity index (χ2n) is 10.3. The molecule has 8 heteroatoms. The molecular formula is C31H51NO7. The molecule has 1 rings (SSSR count). The van der Waals surface area contributed by atoms with E-state index in [9.17, 15) is 19.5 Å². The van der Waals surface area contributed by atoms with E-state index in [2.05, 4.69) is 12.2 Å². The van der Waals surface area contributed by atoms with Crippen LogP contribution in [0, 0.1) is 0 Å². The van der Waals surface area contributed by atoms with Gasteiger partial charge in [-0.1, -0.05) is 114 Å². The fourth-order valence-corrected chi connectivity index (χ4v) is 4.54. The van der Waals surface area contributed by atoms with Crippen LogP contribution < -0.4 is 5.32 Å². The van der Waals surface area contributed by atoms with Crippen molar-refractivity contribution in [3.63, 3.8) is 0 Å². The first kappa shape index (κ1) is 34.6. The van der Waals surface area contributed by atoms with Crippen molar-refractivity contribution in [1.82, 2.24) is 5.32 Å². The highest BCUT2D eigenvalue weighted by Gasteiger charge is 2.24. The Bertz CT molecular complexity index is 771. The second-order valence-corrected chi connectivity index (χ2v) is 10.3. The third-order valence-corrected chi connectivity index (χ3v) is 6.71. The van der Waals surface area contributed by atoms with Gasteiger partial charge in [0.1, 0.15) is 18.8 Å². The van der Waals surface area contributed by atoms with Crippen LogP contribution in [0.4, 0.5) is 0 Å². The average molecular weight is 550 g/mol. The molecule has 1 aromatic rings. The zero-order valence-corrected chi connectivity index (χ0v) is 23.9. The predicted octanol–water partition coefficient (Wildman–Crippen LogP) is 5.59. The minimum atomic E-state index is -1.12. The lowest BCUT2D eigenvalue weighted by molar-refractivity contribution is -0.156. The van der Waals surface area contributed by atoms with Gasteiger partial charge in [-0.2, -0.15) is 0 Å². The van der Waals surface area contributed by atoms with Gasteiger partial charge in [0.15, 0.2) is 0 Å². The van der Waals surface area contributed by atoms with Crippen LogP contribution in [-0.4, -0.2) is 60.0 Å². The van der Waals surface area contributed by atoms with Crippen molar-refractivity contribution in [2.24, 2.45) is 0 Å². The Kier molecular flexibility index (Phi) is 20.8. The number of ether oxygens (including phenoxy) is 2. The summed E-state index contributed by atoms with van der Waals surface area (Å²) in [6.07, 6.45) is 15.8. The quantitative estimate of drug-likeness (QED) is 0.107. The molecule has 39 heavy (non-hydrogen) atoms. The maximum Gasteiger partial charge on any atom is 0.332 e.